The maximum atomic E-state index is 12.5. The van der Waals surface area contributed by atoms with Gasteiger partial charge in [0.05, 0.1) is 7.11 Å². The molecule has 8 heteroatoms. The third-order valence-corrected chi connectivity index (χ3v) is 3.80. The van der Waals surface area contributed by atoms with Crippen molar-refractivity contribution in [2.24, 2.45) is 0 Å². The third-order valence-electron chi connectivity index (χ3n) is 3.80. The molecule has 0 bridgehead atoms. The Morgan fingerprint density at radius 2 is 2.00 bits per heavy atom. The topological polar surface area (TPSA) is 96.7 Å². The van der Waals surface area contributed by atoms with Gasteiger partial charge in [0.1, 0.15) is 18.1 Å². The Bertz CT molecular complexity index is 752. The normalized spacial score (nSPS) is 13.2. The number of urea groups is 1. The molecule has 0 spiro atoms. The number of nitrogens with one attached hydrogen (secondary N) is 2. The molecule has 0 aliphatic heterocycles. The molecule has 25 heavy (non-hydrogen) atoms. The van der Waals surface area contributed by atoms with Crippen LogP contribution in [0.1, 0.15) is 18.6 Å². The van der Waals surface area contributed by atoms with Gasteiger partial charge >= 0.3 is 6.03 Å². The molecule has 1 aromatic carbocycles. The number of rotatable bonds is 6. The highest BCUT2D eigenvalue weighted by Crippen LogP contribution is 2.27. The second-order valence-corrected chi connectivity index (χ2v) is 5.89. The van der Waals surface area contributed by atoms with Gasteiger partial charge in [-0.3, -0.25) is 4.79 Å². The molecular weight excluding hydrogens is 324 g/mol. The lowest BCUT2D eigenvalue weighted by Gasteiger charge is -2.22. The summed E-state index contributed by atoms with van der Waals surface area (Å²) in [7, 11) is 1.58. The summed E-state index contributed by atoms with van der Waals surface area (Å²) in [6.45, 7) is 1.69. The molecule has 8 nitrogen and oxygen atoms in total. The van der Waals surface area contributed by atoms with E-state index in [-0.39, 0.29) is 24.5 Å². The molecule has 1 fully saturated rings. The number of nitrogens with zero attached hydrogens (tertiary/aromatic N) is 2. The molecule has 1 aromatic heterocycles. The van der Waals surface area contributed by atoms with Gasteiger partial charge in [-0.2, -0.15) is 0 Å². The Morgan fingerprint density at radius 3 is 2.56 bits per heavy atom. The number of aryl methyl sites for hydroxylation is 1. The fraction of sp³-hybridized carbons (Fsp3) is 0.353. The van der Waals surface area contributed by atoms with E-state index in [0.29, 0.717) is 23.0 Å². The van der Waals surface area contributed by atoms with Crippen molar-refractivity contribution in [3.63, 3.8) is 0 Å². The van der Waals surface area contributed by atoms with Gasteiger partial charge in [-0.05, 0) is 44.0 Å². The molecule has 0 atom stereocenters. The minimum Gasteiger partial charge on any atom is -0.497 e. The predicted molar refractivity (Wildman–Crippen MR) is 91.6 cm³/mol. The van der Waals surface area contributed by atoms with Crippen LogP contribution in [0.5, 0.6) is 5.75 Å². The summed E-state index contributed by atoms with van der Waals surface area (Å²) in [6, 6.07) is 8.42. The van der Waals surface area contributed by atoms with Crippen LogP contribution in [-0.2, 0) is 4.79 Å². The van der Waals surface area contributed by atoms with Crippen LogP contribution >= 0.6 is 0 Å². The molecule has 1 aliphatic carbocycles. The van der Waals surface area contributed by atoms with Crippen molar-refractivity contribution in [1.82, 2.24) is 10.1 Å². The van der Waals surface area contributed by atoms with Gasteiger partial charge in [-0.1, -0.05) is 5.16 Å². The minimum atomic E-state index is -0.315. The maximum Gasteiger partial charge on any atom is 0.322 e. The number of benzene rings is 1. The average Bonchev–Trinajstić information content (AvgIpc) is 3.36. The van der Waals surface area contributed by atoms with Gasteiger partial charge in [-0.15, -0.1) is 0 Å². The molecule has 132 valence electrons. The zero-order chi connectivity index (χ0) is 17.8. The van der Waals surface area contributed by atoms with Crippen molar-refractivity contribution in [3.05, 3.63) is 36.1 Å². The fourth-order valence-electron chi connectivity index (χ4n) is 2.38. The molecule has 1 saturated carbocycles. The summed E-state index contributed by atoms with van der Waals surface area (Å²) >= 11 is 0. The SMILES string of the molecule is COc1ccc(NC(=O)N(CC(=O)Nc2cc(C)on2)C2CC2)cc1. The Kier molecular flexibility index (Phi) is 4.87. The molecule has 0 saturated heterocycles. The van der Waals surface area contributed by atoms with Crippen molar-refractivity contribution in [1.29, 1.82) is 0 Å². The molecule has 3 rings (SSSR count). The van der Waals surface area contributed by atoms with E-state index in [4.69, 9.17) is 9.26 Å². The van der Waals surface area contributed by atoms with E-state index in [1.807, 2.05) is 0 Å². The molecule has 0 radical (unpaired) electrons. The summed E-state index contributed by atoms with van der Waals surface area (Å²) in [5.41, 5.74) is 0.643. The monoisotopic (exact) mass is 344 g/mol. The van der Waals surface area contributed by atoms with Gasteiger partial charge < -0.3 is 24.8 Å². The molecule has 3 amide bonds. The lowest BCUT2D eigenvalue weighted by molar-refractivity contribution is -0.116. The lowest BCUT2D eigenvalue weighted by atomic mass is 10.3. The average molecular weight is 344 g/mol. The number of carbonyl (C=O) groups is 2. The van der Waals surface area contributed by atoms with Crippen molar-refractivity contribution >= 4 is 23.4 Å². The Labute approximate surface area is 145 Å². The lowest BCUT2D eigenvalue weighted by Crippen LogP contribution is -2.42. The largest absolute Gasteiger partial charge is 0.497 e. The number of hydrogen-bond donors (Lipinski definition) is 2. The number of hydrogen-bond acceptors (Lipinski definition) is 5. The van der Waals surface area contributed by atoms with Crippen LogP contribution in [0, 0.1) is 6.92 Å². The number of ether oxygens (including phenoxy) is 1. The van der Waals surface area contributed by atoms with Gasteiger partial charge in [0.25, 0.3) is 0 Å². The zero-order valence-corrected chi connectivity index (χ0v) is 14.1. The van der Waals surface area contributed by atoms with Crippen molar-refractivity contribution in [2.45, 2.75) is 25.8 Å². The molecule has 2 N–H and O–H groups in total. The minimum absolute atomic E-state index is 0.0431. The zero-order valence-electron chi connectivity index (χ0n) is 14.1. The number of anilines is 2. The Morgan fingerprint density at radius 1 is 1.28 bits per heavy atom. The highest BCUT2D eigenvalue weighted by Gasteiger charge is 2.34. The van der Waals surface area contributed by atoms with Crippen molar-refractivity contribution in [3.8, 4) is 5.75 Å². The highest BCUT2D eigenvalue weighted by molar-refractivity contribution is 5.96. The first-order valence-electron chi connectivity index (χ1n) is 8.00. The second-order valence-electron chi connectivity index (χ2n) is 5.89. The van der Waals surface area contributed by atoms with Crippen LogP contribution in [0.15, 0.2) is 34.9 Å². The van der Waals surface area contributed by atoms with Crippen LogP contribution < -0.4 is 15.4 Å². The number of carbonyl (C=O) groups excluding carboxylic acids is 2. The number of aromatic nitrogens is 1. The van der Waals surface area contributed by atoms with E-state index >= 15 is 0 Å². The quantitative estimate of drug-likeness (QED) is 0.840. The summed E-state index contributed by atoms with van der Waals surface area (Å²) in [4.78, 5) is 26.2. The van der Waals surface area contributed by atoms with E-state index in [1.165, 1.54) is 4.90 Å². The fourth-order valence-corrected chi connectivity index (χ4v) is 2.38. The highest BCUT2D eigenvalue weighted by atomic mass is 16.5. The smallest absolute Gasteiger partial charge is 0.322 e. The van der Waals surface area contributed by atoms with Crippen LogP contribution in [0.4, 0.5) is 16.3 Å². The predicted octanol–water partition coefficient (Wildman–Crippen LogP) is 2.63. The van der Waals surface area contributed by atoms with E-state index in [9.17, 15) is 9.59 Å². The summed E-state index contributed by atoms with van der Waals surface area (Å²) in [5, 5.41) is 9.15. The number of methoxy groups -OCH3 is 1. The van der Waals surface area contributed by atoms with E-state index in [2.05, 4.69) is 15.8 Å². The van der Waals surface area contributed by atoms with Crippen LogP contribution in [-0.4, -0.2) is 41.7 Å². The van der Waals surface area contributed by atoms with Crippen molar-refractivity contribution in [2.75, 3.05) is 24.3 Å². The first kappa shape index (κ1) is 16.8. The first-order chi connectivity index (χ1) is 12.0. The Balaban J connectivity index is 1.59. The summed E-state index contributed by atoms with van der Waals surface area (Å²) < 4.78 is 10.00. The van der Waals surface area contributed by atoms with Crippen LogP contribution in [0.3, 0.4) is 0 Å². The maximum absolute atomic E-state index is 12.5. The van der Waals surface area contributed by atoms with Crippen molar-refractivity contribution < 1.29 is 18.8 Å². The molecule has 0 unspecified atom stereocenters. The van der Waals surface area contributed by atoms with Crippen LogP contribution in [0.25, 0.3) is 0 Å². The standard InChI is InChI=1S/C17H20N4O4/c1-11-9-15(20-25-11)19-16(22)10-21(13-5-6-13)17(23)18-12-3-7-14(24-2)8-4-12/h3-4,7-9,13H,5-6,10H2,1-2H3,(H,18,23)(H,19,20,22). The van der Waals surface area contributed by atoms with E-state index in [0.717, 1.165) is 12.8 Å². The van der Waals surface area contributed by atoms with E-state index < -0.39 is 0 Å². The summed E-state index contributed by atoms with van der Waals surface area (Å²) in [6.07, 6.45) is 1.79. The van der Waals surface area contributed by atoms with E-state index in [1.54, 1.807) is 44.4 Å². The van der Waals surface area contributed by atoms with Gasteiger partial charge in [0.15, 0.2) is 5.82 Å². The first-order valence-corrected chi connectivity index (χ1v) is 8.00. The third kappa shape index (κ3) is 4.50. The second kappa shape index (κ2) is 7.25. The van der Waals surface area contributed by atoms with Gasteiger partial charge in [0, 0.05) is 17.8 Å². The molecule has 1 heterocycles. The summed E-state index contributed by atoms with van der Waals surface area (Å²) in [5.74, 6) is 1.34. The molecule has 1 aliphatic rings. The van der Waals surface area contributed by atoms with Crippen LogP contribution in [0.2, 0.25) is 0 Å². The van der Waals surface area contributed by atoms with Gasteiger partial charge in [0.2, 0.25) is 5.91 Å². The number of amides is 3. The Hall–Kier alpha value is -3.03. The van der Waals surface area contributed by atoms with Gasteiger partial charge in [-0.25, -0.2) is 4.79 Å². The molecule has 2 aromatic rings. The molecular formula is C17H20N4O4.